The fourth-order valence-corrected chi connectivity index (χ4v) is 2.75. The fourth-order valence-electron chi connectivity index (χ4n) is 2.75. The Labute approximate surface area is 129 Å². The third kappa shape index (κ3) is 3.94. The first-order valence-corrected chi connectivity index (χ1v) is 7.79. The van der Waals surface area contributed by atoms with Crippen LogP contribution >= 0.6 is 0 Å². The average Bonchev–Trinajstić information content (AvgIpc) is 3.20. The van der Waals surface area contributed by atoms with E-state index in [0.29, 0.717) is 12.5 Å². The number of carbonyl (C=O) groups is 1. The molecule has 118 valence electrons. The van der Waals surface area contributed by atoms with Crippen molar-refractivity contribution in [3.8, 4) is 0 Å². The molecule has 7 nitrogen and oxygen atoms in total. The van der Waals surface area contributed by atoms with Crippen molar-refractivity contribution in [3.05, 3.63) is 36.2 Å². The number of aromatic nitrogens is 4. The molecule has 0 aliphatic carbocycles. The summed E-state index contributed by atoms with van der Waals surface area (Å²) in [7, 11) is 0. The highest BCUT2D eigenvalue weighted by Crippen LogP contribution is 2.21. The van der Waals surface area contributed by atoms with Crippen molar-refractivity contribution in [2.75, 3.05) is 19.6 Å². The summed E-state index contributed by atoms with van der Waals surface area (Å²) in [6, 6.07) is 2.02. The van der Waals surface area contributed by atoms with Crippen molar-refractivity contribution in [1.29, 1.82) is 0 Å². The number of amides is 1. The second-order valence-electron chi connectivity index (χ2n) is 5.66. The summed E-state index contributed by atoms with van der Waals surface area (Å²) in [4.78, 5) is 18.9. The van der Waals surface area contributed by atoms with Crippen molar-refractivity contribution in [2.45, 2.75) is 31.7 Å². The summed E-state index contributed by atoms with van der Waals surface area (Å²) in [6.45, 7) is 2.94. The lowest BCUT2D eigenvalue weighted by molar-refractivity contribution is -0.121. The fraction of sp³-hybridized carbons (Fsp3) is 0.533. The van der Waals surface area contributed by atoms with Crippen LogP contribution in [-0.4, -0.2) is 45.3 Å². The minimum atomic E-state index is -0.0177. The van der Waals surface area contributed by atoms with Crippen LogP contribution in [-0.2, 0) is 17.8 Å². The van der Waals surface area contributed by atoms with Crippen molar-refractivity contribution < 1.29 is 4.79 Å². The summed E-state index contributed by atoms with van der Waals surface area (Å²) in [5, 5.41) is 10.8. The largest absolute Gasteiger partial charge is 0.354 e. The number of imidazole rings is 1. The van der Waals surface area contributed by atoms with E-state index in [1.54, 1.807) is 17.2 Å². The zero-order chi connectivity index (χ0) is 15.2. The maximum atomic E-state index is 11.9. The van der Waals surface area contributed by atoms with E-state index < -0.39 is 0 Å². The van der Waals surface area contributed by atoms with Crippen LogP contribution in [0.3, 0.4) is 0 Å². The van der Waals surface area contributed by atoms with Gasteiger partial charge < -0.3 is 15.6 Å². The van der Waals surface area contributed by atoms with E-state index in [1.165, 1.54) is 12.8 Å². The Morgan fingerprint density at radius 3 is 3.23 bits per heavy atom. The SMILES string of the molecule is O=C(Cn1ccc([C@@H]2CCCNC2)n1)NCCc1cnc[nH]1. The molecule has 1 aliphatic rings. The van der Waals surface area contributed by atoms with Gasteiger partial charge in [0.2, 0.25) is 5.91 Å². The zero-order valence-electron chi connectivity index (χ0n) is 12.6. The third-order valence-electron chi connectivity index (χ3n) is 3.95. The van der Waals surface area contributed by atoms with E-state index in [1.807, 2.05) is 12.3 Å². The predicted octanol–water partition coefficient (Wildman–Crippen LogP) is 0.432. The molecule has 0 unspecified atom stereocenters. The highest BCUT2D eigenvalue weighted by Gasteiger charge is 2.17. The van der Waals surface area contributed by atoms with Crippen LogP contribution in [0.4, 0.5) is 0 Å². The summed E-state index contributed by atoms with van der Waals surface area (Å²) < 4.78 is 1.72. The van der Waals surface area contributed by atoms with Crippen molar-refractivity contribution in [2.24, 2.45) is 0 Å². The van der Waals surface area contributed by atoms with Gasteiger partial charge in [-0.25, -0.2) is 4.98 Å². The van der Waals surface area contributed by atoms with Crippen LogP contribution in [0.15, 0.2) is 24.8 Å². The second kappa shape index (κ2) is 7.22. The number of piperidine rings is 1. The summed E-state index contributed by atoms with van der Waals surface area (Å²) in [5.41, 5.74) is 2.10. The number of carbonyl (C=O) groups excluding carboxylic acids is 1. The molecule has 0 aromatic carbocycles. The molecule has 0 bridgehead atoms. The van der Waals surface area contributed by atoms with Gasteiger partial charge in [0, 0.05) is 43.5 Å². The molecule has 0 spiro atoms. The lowest BCUT2D eigenvalue weighted by Crippen LogP contribution is -2.30. The molecule has 1 amide bonds. The number of aromatic amines is 1. The van der Waals surface area contributed by atoms with Crippen LogP contribution in [0, 0.1) is 0 Å². The first-order chi connectivity index (χ1) is 10.8. The average molecular weight is 302 g/mol. The molecule has 22 heavy (non-hydrogen) atoms. The lowest BCUT2D eigenvalue weighted by atomic mass is 9.97. The van der Waals surface area contributed by atoms with Crippen LogP contribution in [0.1, 0.15) is 30.1 Å². The Morgan fingerprint density at radius 1 is 1.50 bits per heavy atom. The quantitative estimate of drug-likeness (QED) is 0.722. The zero-order valence-corrected chi connectivity index (χ0v) is 12.6. The van der Waals surface area contributed by atoms with Crippen LogP contribution in [0.5, 0.6) is 0 Å². The predicted molar refractivity (Wildman–Crippen MR) is 82.4 cm³/mol. The molecule has 3 rings (SSSR count). The molecule has 7 heteroatoms. The van der Waals surface area contributed by atoms with Gasteiger partial charge in [-0.3, -0.25) is 9.48 Å². The van der Waals surface area contributed by atoms with Crippen LogP contribution in [0.25, 0.3) is 0 Å². The Bertz CT molecular complexity index is 585. The minimum Gasteiger partial charge on any atom is -0.354 e. The molecule has 0 radical (unpaired) electrons. The lowest BCUT2D eigenvalue weighted by Gasteiger charge is -2.20. The smallest absolute Gasteiger partial charge is 0.241 e. The molecule has 1 aliphatic heterocycles. The molecule has 1 saturated heterocycles. The molecular formula is C15H22N6O. The minimum absolute atomic E-state index is 0.0177. The highest BCUT2D eigenvalue weighted by molar-refractivity contribution is 5.75. The molecule has 1 atom stereocenters. The van der Waals surface area contributed by atoms with Crippen molar-refractivity contribution in [3.63, 3.8) is 0 Å². The molecule has 3 heterocycles. The number of hydrogen-bond donors (Lipinski definition) is 3. The second-order valence-corrected chi connectivity index (χ2v) is 5.66. The van der Waals surface area contributed by atoms with Gasteiger partial charge in [-0.15, -0.1) is 0 Å². The van der Waals surface area contributed by atoms with E-state index in [2.05, 4.69) is 25.7 Å². The molecular weight excluding hydrogens is 280 g/mol. The maximum Gasteiger partial charge on any atom is 0.241 e. The van der Waals surface area contributed by atoms with Crippen LogP contribution in [0.2, 0.25) is 0 Å². The van der Waals surface area contributed by atoms with E-state index >= 15 is 0 Å². The number of hydrogen-bond acceptors (Lipinski definition) is 4. The Morgan fingerprint density at radius 2 is 2.45 bits per heavy atom. The Hall–Kier alpha value is -2.15. The van der Waals surface area contributed by atoms with Gasteiger partial charge in [-0.05, 0) is 25.5 Å². The molecule has 2 aromatic heterocycles. The summed E-state index contributed by atoms with van der Waals surface area (Å²) in [5.74, 6) is 0.453. The Balaban J connectivity index is 1.44. The summed E-state index contributed by atoms with van der Waals surface area (Å²) in [6.07, 6.45) is 8.40. The van der Waals surface area contributed by atoms with Gasteiger partial charge in [0.05, 0.1) is 12.0 Å². The molecule has 2 aromatic rings. The number of H-pyrrole nitrogens is 1. The molecule has 3 N–H and O–H groups in total. The standard InChI is InChI=1S/C15H22N6O/c22-15(18-6-3-13-9-17-11-19-13)10-21-7-4-14(20-21)12-2-1-5-16-8-12/h4,7,9,11-12,16H,1-3,5-6,8,10H2,(H,17,19)(H,18,22)/t12-/m1/s1. The Kier molecular flexibility index (Phi) is 4.85. The van der Waals surface area contributed by atoms with Gasteiger partial charge in [0.25, 0.3) is 0 Å². The van der Waals surface area contributed by atoms with Gasteiger partial charge in [-0.1, -0.05) is 0 Å². The van der Waals surface area contributed by atoms with Crippen molar-refractivity contribution in [1.82, 2.24) is 30.4 Å². The van der Waals surface area contributed by atoms with E-state index in [-0.39, 0.29) is 12.5 Å². The van der Waals surface area contributed by atoms with Gasteiger partial charge in [0.1, 0.15) is 6.54 Å². The summed E-state index contributed by atoms with van der Waals surface area (Å²) >= 11 is 0. The topological polar surface area (TPSA) is 87.6 Å². The first kappa shape index (κ1) is 14.8. The first-order valence-electron chi connectivity index (χ1n) is 7.79. The molecule has 0 saturated carbocycles. The monoisotopic (exact) mass is 302 g/mol. The number of nitrogens with one attached hydrogen (secondary N) is 3. The molecule has 1 fully saturated rings. The number of rotatable bonds is 6. The normalized spacial score (nSPS) is 18.3. The number of nitrogens with zero attached hydrogens (tertiary/aromatic N) is 3. The third-order valence-corrected chi connectivity index (χ3v) is 3.95. The van der Waals surface area contributed by atoms with Gasteiger partial charge >= 0.3 is 0 Å². The highest BCUT2D eigenvalue weighted by atomic mass is 16.2. The van der Waals surface area contributed by atoms with E-state index in [4.69, 9.17) is 0 Å². The van der Waals surface area contributed by atoms with Gasteiger partial charge in [-0.2, -0.15) is 5.10 Å². The van der Waals surface area contributed by atoms with Crippen molar-refractivity contribution >= 4 is 5.91 Å². The van der Waals surface area contributed by atoms with E-state index in [0.717, 1.165) is 30.9 Å². The maximum absolute atomic E-state index is 11.9. The van der Waals surface area contributed by atoms with Crippen LogP contribution < -0.4 is 10.6 Å². The van der Waals surface area contributed by atoms with E-state index in [9.17, 15) is 4.79 Å². The van der Waals surface area contributed by atoms with Gasteiger partial charge in [0.15, 0.2) is 0 Å².